The molecular formula is C21H36N4O. The van der Waals surface area contributed by atoms with Gasteiger partial charge in [0.15, 0.2) is 5.96 Å². The van der Waals surface area contributed by atoms with Crippen molar-refractivity contribution in [1.82, 2.24) is 15.5 Å². The number of hydrogen-bond donors (Lipinski definition) is 2. The monoisotopic (exact) mass is 360 g/mol. The Bertz CT molecular complexity index is 547. The van der Waals surface area contributed by atoms with E-state index in [1.807, 2.05) is 32.2 Å². The van der Waals surface area contributed by atoms with Gasteiger partial charge < -0.3 is 20.3 Å². The van der Waals surface area contributed by atoms with E-state index in [1.165, 1.54) is 45.2 Å². The summed E-state index contributed by atoms with van der Waals surface area (Å²) in [4.78, 5) is 6.96. The Kier molecular flexibility index (Phi) is 9.32. The lowest BCUT2D eigenvalue weighted by atomic mass is 10.0. The topological polar surface area (TPSA) is 48.9 Å². The molecule has 0 saturated carbocycles. The highest BCUT2D eigenvalue weighted by Gasteiger charge is 2.16. The first-order valence-electron chi connectivity index (χ1n) is 10.1. The van der Waals surface area contributed by atoms with Crippen molar-refractivity contribution in [3.63, 3.8) is 0 Å². The molecule has 1 aromatic carbocycles. The number of hydrogen-bond acceptors (Lipinski definition) is 3. The Morgan fingerprint density at radius 2 is 2.08 bits per heavy atom. The predicted octanol–water partition coefficient (Wildman–Crippen LogP) is 3.40. The summed E-state index contributed by atoms with van der Waals surface area (Å²) < 4.78 is 5.68. The number of aliphatic imine (C=N–C) groups is 1. The molecular weight excluding hydrogens is 324 g/mol. The van der Waals surface area contributed by atoms with Crippen LogP contribution in [0.3, 0.4) is 0 Å². The van der Waals surface area contributed by atoms with Crippen LogP contribution in [-0.4, -0.2) is 50.2 Å². The second-order valence-electron chi connectivity index (χ2n) is 6.98. The van der Waals surface area contributed by atoms with Gasteiger partial charge in [-0.05, 0) is 58.7 Å². The van der Waals surface area contributed by atoms with Crippen molar-refractivity contribution >= 4 is 5.96 Å². The highest BCUT2D eigenvalue weighted by molar-refractivity contribution is 5.79. The van der Waals surface area contributed by atoms with E-state index in [9.17, 15) is 0 Å². The minimum atomic E-state index is 0.680. The van der Waals surface area contributed by atoms with Gasteiger partial charge in [-0.15, -0.1) is 0 Å². The standard InChI is InChI=1S/C21H36N4O/c1-4-26-20-13-6-5-12-19(20)17-24-21(22-3)23-14-8-10-16-25-15-9-7-11-18(25)2/h5-6,12-13,18H,4,7-11,14-17H2,1-3H3,(H2,22,23,24). The van der Waals surface area contributed by atoms with Crippen molar-refractivity contribution in [1.29, 1.82) is 0 Å². The zero-order valence-electron chi connectivity index (χ0n) is 16.8. The number of nitrogens with one attached hydrogen (secondary N) is 2. The van der Waals surface area contributed by atoms with Crippen LogP contribution >= 0.6 is 0 Å². The van der Waals surface area contributed by atoms with Crippen LogP contribution in [0.5, 0.6) is 5.75 Å². The van der Waals surface area contributed by atoms with E-state index in [0.717, 1.165) is 29.9 Å². The van der Waals surface area contributed by atoms with Gasteiger partial charge in [-0.2, -0.15) is 0 Å². The van der Waals surface area contributed by atoms with Gasteiger partial charge in [0.1, 0.15) is 5.75 Å². The normalized spacial score (nSPS) is 18.6. The zero-order chi connectivity index (χ0) is 18.6. The summed E-state index contributed by atoms with van der Waals surface area (Å²) in [6.07, 6.45) is 6.52. The van der Waals surface area contributed by atoms with Crippen LogP contribution in [0.25, 0.3) is 0 Å². The maximum atomic E-state index is 5.68. The average Bonchev–Trinajstić information content (AvgIpc) is 2.66. The summed E-state index contributed by atoms with van der Waals surface area (Å²) in [6, 6.07) is 8.90. The van der Waals surface area contributed by atoms with Gasteiger partial charge in [-0.3, -0.25) is 4.99 Å². The molecule has 1 atom stereocenters. The number of likely N-dealkylation sites (tertiary alicyclic amines) is 1. The first-order chi connectivity index (χ1) is 12.7. The van der Waals surface area contributed by atoms with Gasteiger partial charge in [0.2, 0.25) is 0 Å². The molecule has 26 heavy (non-hydrogen) atoms. The molecule has 2 N–H and O–H groups in total. The van der Waals surface area contributed by atoms with Gasteiger partial charge in [0.25, 0.3) is 0 Å². The van der Waals surface area contributed by atoms with E-state index in [2.05, 4.69) is 33.5 Å². The Morgan fingerprint density at radius 1 is 1.23 bits per heavy atom. The molecule has 1 aliphatic rings. The third-order valence-electron chi connectivity index (χ3n) is 5.05. The minimum absolute atomic E-state index is 0.680. The molecule has 1 fully saturated rings. The molecule has 2 rings (SSSR count). The number of unbranched alkanes of at least 4 members (excludes halogenated alkanes) is 1. The molecule has 0 bridgehead atoms. The number of nitrogens with zero attached hydrogens (tertiary/aromatic N) is 2. The van der Waals surface area contributed by atoms with Crippen LogP contribution < -0.4 is 15.4 Å². The molecule has 0 radical (unpaired) electrons. The quantitative estimate of drug-likeness (QED) is 0.403. The molecule has 1 aromatic rings. The molecule has 1 heterocycles. The van der Waals surface area contributed by atoms with Crippen LogP contribution in [-0.2, 0) is 6.54 Å². The Balaban J connectivity index is 1.65. The summed E-state index contributed by atoms with van der Waals surface area (Å²) in [7, 11) is 1.82. The summed E-state index contributed by atoms with van der Waals surface area (Å²) in [5, 5.41) is 6.80. The predicted molar refractivity (Wildman–Crippen MR) is 110 cm³/mol. The molecule has 146 valence electrons. The molecule has 5 heteroatoms. The number of guanidine groups is 1. The number of ether oxygens (including phenoxy) is 1. The minimum Gasteiger partial charge on any atom is -0.494 e. The van der Waals surface area contributed by atoms with E-state index in [1.54, 1.807) is 0 Å². The maximum absolute atomic E-state index is 5.68. The van der Waals surface area contributed by atoms with Crippen molar-refractivity contribution in [2.75, 3.05) is 33.3 Å². The SMILES string of the molecule is CCOc1ccccc1CNC(=NC)NCCCCN1CCCCC1C. The Morgan fingerprint density at radius 3 is 2.85 bits per heavy atom. The van der Waals surface area contributed by atoms with Crippen molar-refractivity contribution in [3.05, 3.63) is 29.8 Å². The third-order valence-corrected chi connectivity index (χ3v) is 5.05. The molecule has 1 unspecified atom stereocenters. The Labute approximate surface area is 159 Å². The highest BCUT2D eigenvalue weighted by atomic mass is 16.5. The number of piperidine rings is 1. The first kappa shape index (κ1) is 20.6. The summed E-state index contributed by atoms with van der Waals surface area (Å²) >= 11 is 0. The number of para-hydroxylation sites is 1. The first-order valence-corrected chi connectivity index (χ1v) is 10.1. The largest absolute Gasteiger partial charge is 0.494 e. The second kappa shape index (κ2) is 11.8. The lowest BCUT2D eigenvalue weighted by molar-refractivity contribution is 0.158. The third kappa shape index (κ3) is 6.87. The lowest BCUT2D eigenvalue weighted by Crippen LogP contribution is -2.39. The molecule has 0 spiro atoms. The fraction of sp³-hybridized carbons (Fsp3) is 0.667. The van der Waals surface area contributed by atoms with E-state index in [4.69, 9.17) is 4.74 Å². The van der Waals surface area contributed by atoms with Crippen LogP contribution in [0.1, 0.15) is 51.5 Å². The molecule has 1 saturated heterocycles. The molecule has 0 amide bonds. The van der Waals surface area contributed by atoms with Gasteiger partial charge >= 0.3 is 0 Å². The van der Waals surface area contributed by atoms with E-state index in [0.29, 0.717) is 13.2 Å². The van der Waals surface area contributed by atoms with Crippen LogP contribution in [0, 0.1) is 0 Å². The van der Waals surface area contributed by atoms with Gasteiger partial charge in [-0.1, -0.05) is 24.6 Å². The number of benzene rings is 1. The van der Waals surface area contributed by atoms with E-state index >= 15 is 0 Å². The summed E-state index contributed by atoms with van der Waals surface area (Å²) in [5.41, 5.74) is 1.15. The lowest BCUT2D eigenvalue weighted by Gasteiger charge is -2.33. The molecule has 5 nitrogen and oxygen atoms in total. The fourth-order valence-corrected chi connectivity index (χ4v) is 3.48. The smallest absolute Gasteiger partial charge is 0.191 e. The summed E-state index contributed by atoms with van der Waals surface area (Å²) in [5.74, 6) is 1.79. The molecule has 0 aliphatic carbocycles. The van der Waals surface area contributed by atoms with Crippen LogP contribution in [0.2, 0.25) is 0 Å². The highest BCUT2D eigenvalue weighted by Crippen LogP contribution is 2.18. The number of rotatable bonds is 9. The Hall–Kier alpha value is -1.75. The van der Waals surface area contributed by atoms with E-state index in [-0.39, 0.29) is 0 Å². The van der Waals surface area contributed by atoms with Gasteiger partial charge in [0.05, 0.1) is 6.61 Å². The maximum Gasteiger partial charge on any atom is 0.191 e. The zero-order valence-corrected chi connectivity index (χ0v) is 16.8. The van der Waals surface area contributed by atoms with Gasteiger partial charge in [-0.25, -0.2) is 0 Å². The fourth-order valence-electron chi connectivity index (χ4n) is 3.48. The molecule has 1 aliphatic heterocycles. The second-order valence-corrected chi connectivity index (χ2v) is 6.98. The summed E-state index contributed by atoms with van der Waals surface area (Å²) in [6.45, 7) is 9.21. The van der Waals surface area contributed by atoms with Crippen molar-refractivity contribution in [2.45, 2.75) is 58.5 Å². The van der Waals surface area contributed by atoms with Crippen molar-refractivity contribution in [3.8, 4) is 5.75 Å². The van der Waals surface area contributed by atoms with Crippen LogP contribution in [0.4, 0.5) is 0 Å². The van der Waals surface area contributed by atoms with Gasteiger partial charge in [0, 0.05) is 31.7 Å². The molecule has 0 aromatic heterocycles. The van der Waals surface area contributed by atoms with Crippen molar-refractivity contribution in [2.24, 2.45) is 4.99 Å². The average molecular weight is 361 g/mol. The van der Waals surface area contributed by atoms with Crippen molar-refractivity contribution < 1.29 is 4.74 Å². The van der Waals surface area contributed by atoms with E-state index < -0.39 is 0 Å². The van der Waals surface area contributed by atoms with Crippen LogP contribution in [0.15, 0.2) is 29.3 Å².